The molecule has 0 atom stereocenters. The molecule has 0 aromatic carbocycles. The van der Waals surface area contributed by atoms with Crippen LogP contribution in [0.5, 0.6) is 0 Å². The predicted molar refractivity (Wildman–Crippen MR) is 59.3 cm³/mol. The fourth-order valence-corrected chi connectivity index (χ4v) is 2.41. The smallest absolute Gasteiger partial charge is 0.424 e. The summed E-state index contributed by atoms with van der Waals surface area (Å²) >= 11 is 5.37. The van der Waals surface area contributed by atoms with Gasteiger partial charge in [-0.15, -0.1) is 0 Å². The maximum Gasteiger partial charge on any atom is 0.424 e. The van der Waals surface area contributed by atoms with Crippen molar-refractivity contribution in [2.45, 2.75) is 26.2 Å². The van der Waals surface area contributed by atoms with Gasteiger partial charge in [0.1, 0.15) is 0 Å². The molecule has 1 heterocycles. The number of carbonyl (C=O) groups is 1. The number of esters is 1. The molecule has 0 unspecified atom stereocenters. The Kier molecular flexibility index (Phi) is 5.76. The van der Waals surface area contributed by atoms with Crippen molar-refractivity contribution in [2.75, 3.05) is 19.8 Å². The highest BCUT2D eigenvalue weighted by atomic mass is 35.7. The number of hydrogen-bond donors (Lipinski definition) is 0. The Hall–Kier alpha value is -0.0900. The lowest BCUT2D eigenvalue weighted by Gasteiger charge is -2.24. The van der Waals surface area contributed by atoms with Gasteiger partial charge in [0.15, 0.2) is 0 Å². The first-order valence-electron chi connectivity index (χ1n) is 5.28. The minimum absolute atomic E-state index is 0.130. The van der Waals surface area contributed by atoms with Crippen LogP contribution in [0.1, 0.15) is 26.2 Å². The maximum absolute atomic E-state index is 11.3. The molecule has 0 amide bonds. The van der Waals surface area contributed by atoms with Crippen molar-refractivity contribution in [1.82, 2.24) is 0 Å². The number of hydrogen-bond acceptors (Lipinski definition) is 5. The lowest BCUT2D eigenvalue weighted by molar-refractivity contribution is -0.145. The first-order chi connectivity index (χ1) is 7.53. The molecular weight excluding hydrogens is 255 g/mol. The quantitative estimate of drug-likeness (QED) is 0.437. The molecular formula is C9H16ClO5P. The van der Waals surface area contributed by atoms with Gasteiger partial charge in [0.25, 0.3) is 0 Å². The Labute approximate surface area is 99.7 Å². The highest BCUT2D eigenvalue weighted by Crippen LogP contribution is 2.56. The van der Waals surface area contributed by atoms with E-state index in [9.17, 15) is 9.36 Å². The summed E-state index contributed by atoms with van der Waals surface area (Å²) in [5.74, 6) is -0.410. The van der Waals surface area contributed by atoms with Crippen molar-refractivity contribution in [3.8, 4) is 0 Å². The van der Waals surface area contributed by atoms with E-state index >= 15 is 0 Å². The van der Waals surface area contributed by atoms with Gasteiger partial charge in [-0.3, -0.25) is 13.8 Å². The van der Waals surface area contributed by atoms with E-state index in [-0.39, 0.29) is 31.5 Å². The number of halogens is 1. The first kappa shape index (κ1) is 14.0. The van der Waals surface area contributed by atoms with E-state index in [1.54, 1.807) is 0 Å². The lowest BCUT2D eigenvalue weighted by Crippen LogP contribution is -2.23. The molecule has 0 saturated carbocycles. The van der Waals surface area contributed by atoms with Gasteiger partial charge >= 0.3 is 12.9 Å². The van der Waals surface area contributed by atoms with Crippen LogP contribution in [0.3, 0.4) is 0 Å². The van der Waals surface area contributed by atoms with Crippen molar-refractivity contribution in [1.29, 1.82) is 0 Å². The zero-order valence-electron chi connectivity index (χ0n) is 9.19. The van der Waals surface area contributed by atoms with E-state index in [1.807, 2.05) is 6.92 Å². The minimum Gasteiger partial charge on any atom is -0.466 e. The summed E-state index contributed by atoms with van der Waals surface area (Å²) in [6.45, 7) is -0.568. The molecule has 1 fully saturated rings. The van der Waals surface area contributed by atoms with Crippen LogP contribution in [0, 0.1) is 5.92 Å². The van der Waals surface area contributed by atoms with E-state index in [2.05, 4.69) is 0 Å². The van der Waals surface area contributed by atoms with Gasteiger partial charge in [0.2, 0.25) is 0 Å². The van der Waals surface area contributed by atoms with Crippen molar-refractivity contribution < 1.29 is 23.1 Å². The second kappa shape index (κ2) is 6.60. The summed E-state index contributed by atoms with van der Waals surface area (Å²) in [5, 5.41) is 0. The second-order valence-corrected chi connectivity index (χ2v) is 6.29. The molecule has 5 nitrogen and oxygen atoms in total. The SMILES string of the molecule is CCCCOC(=O)CC1COP(=O)(Cl)OC1. The fraction of sp³-hybridized carbons (Fsp3) is 0.889. The van der Waals surface area contributed by atoms with Gasteiger partial charge in [0.05, 0.1) is 26.2 Å². The van der Waals surface area contributed by atoms with Gasteiger partial charge in [-0.25, -0.2) is 4.57 Å². The summed E-state index contributed by atoms with van der Waals surface area (Å²) in [7, 11) is 0. The summed E-state index contributed by atoms with van der Waals surface area (Å²) < 4.78 is 25.7. The highest BCUT2D eigenvalue weighted by molar-refractivity contribution is 7.81. The van der Waals surface area contributed by atoms with Crippen molar-refractivity contribution in [2.24, 2.45) is 5.92 Å². The zero-order valence-corrected chi connectivity index (χ0v) is 10.8. The number of carbonyl (C=O) groups excluding carboxylic acids is 1. The van der Waals surface area contributed by atoms with Crippen LogP contribution >= 0.6 is 18.2 Å². The highest BCUT2D eigenvalue weighted by Gasteiger charge is 2.31. The molecule has 0 aromatic heterocycles. The average Bonchev–Trinajstić information content (AvgIpc) is 2.22. The van der Waals surface area contributed by atoms with Crippen LogP contribution < -0.4 is 0 Å². The van der Waals surface area contributed by atoms with Gasteiger partial charge in [0, 0.05) is 17.2 Å². The molecule has 1 aliphatic rings. The molecule has 1 aliphatic heterocycles. The number of unbranched alkanes of at least 4 members (excludes halogenated alkanes) is 1. The Morgan fingerprint density at radius 2 is 2.12 bits per heavy atom. The van der Waals surface area contributed by atoms with Gasteiger partial charge in [-0.2, -0.15) is 0 Å². The Morgan fingerprint density at radius 1 is 1.50 bits per heavy atom. The minimum atomic E-state index is -3.37. The fourth-order valence-electron chi connectivity index (χ4n) is 1.22. The van der Waals surface area contributed by atoms with Crippen molar-refractivity contribution >= 4 is 24.2 Å². The monoisotopic (exact) mass is 270 g/mol. The Bertz CT molecular complexity index is 271. The van der Waals surface area contributed by atoms with Crippen LogP contribution in [-0.4, -0.2) is 25.8 Å². The topological polar surface area (TPSA) is 61.8 Å². The van der Waals surface area contributed by atoms with E-state index in [0.29, 0.717) is 6.61 Å². The van der Waals surface area contributed by atoms with Crippen LogP contribution in [0.15, 0.2) is 0 Å². The standard InChI is InChI=1S/C9H16ClO5P/c1-2-3-4-13-9(11)5-8-6-14-16(10,12)15-7-8/h8H,2-7H2,1H3. The van der Waals surface area contributed by atoms with Gasteiger partial charge in [-0.05, 0) is 6.42 Å². The third-order valence-electron chi connectivity index (χ3n) is 2.15. The van der Waals surface area contributed by atoms with Crippen LogP contribution in [0.25, 0.3) is 0 Å². The number of ether oxygens (including phenoxy) is 1. The second-order valence-electron chi connectivity index (χ2n) is 3.67. The van der Waals surface area contributed by atoms with Crippen LogP contribution in [-0.2, 0) is 23.1 Å². The molecule has 0 bridgehead atoms. The van der Waals surface area contributed by atoms with E-state index in [1.165, 1.54) is 0 Å². The molecule has 1 rings (SSSR count). The van der Waals surface area contributed by atoms with Crippen molar-refractivity contribution in [3.05, 3.63) is 0 Å². The third-order valence-corrected chi connectivity index (χ3v) is 3.65. The normalized spacial score (nSPS) is 30.0. The van der Waals surface area contributed by atoms with E-state index in [4.69, 9.17) is 25.0 Å². The molecule has 0 aromatic rings. The average molecular weight is 271 g/mol. The molecule has 94 valence electrons. The number of rotatable bonds is 5. The van der Waals surface area contributed by atoms with Gasteiger partial charge < -0.3 is 4.74 Å². The van der Waals surface area contributed by atoms with Crippen LogP contribution in [0.2, 0.25) is 0 Å². The molecule has 0 radical (unpaired) electrons. The predicted octanol–water partition coefficient (Wildman–Crippen LogP) is 2.73. The van der Waals surface area contributed by atoms with Crippen molar-refractivity contribution in [3.63, 3.8) is 0 Å². The van der Waals surface area contributed by atoms with Gasteiger partial charge in [-0.1, -0.05) is 13.3 Å². The Morgan fingerprint density at radius 3 is 2.69 bits per heavy atom. The maximum atomic E-state index is 11.3. The molecule has 16 heavy (non-hydrogen) atoms. The third kappa shape index (κ3) is 5.30. The van der Waals surface area contributed by atoms with Crippen LogP contribution in [0.4, 0.5) is 0 Å². The molecule has 7 heteroatoms. The summed E-state index contributed by atoms with van der Waals surface area (Å²) in [5.41, 5.74) is 0. The largest absolute Gasteiger partial charge is 0.466 e. The molecule has 0 aliphatic carbocycles. The first-order valence-corrected chi connectivity index (χ1v) is 7.72. The summed E-state index contributed by atoms with van der Waals surface area (Å²) in [6, 6.07) is 0. The Balaban J connectivity index is 2.18. The molecule has 1 saturated heterocycles. The lowest BCUT2D eigenvalue weighted by atomic mass is 10.1. The zero-order chi connectivity index (χ0) is 12.0. The van der Waals surface area contributed by atoms with E-state index in [0.717, 1.165) is 12.8 Å². The summed E-state index contributed by atoms with van der Waals surface area (Å²) in [6.07, 6.45) is 2.05. The molecule has 0 spiro atoms. The van der Waals surface area contributed by atoms with E-state index < -0.39 is 6.95 Å². The summed E-state index contributed by atoms with van der Waals surface area (Å²) in [4.78, 5) is 11.3. The molecule has 0 N–H and O–H groups in total.